The lowest BCUT2D eigenvalue weighted by Gasteiger charge is -2.33. The van der Waals surface area contributed by atoms with E-state index >= 15 is 0 Å². The summed E-state index contributed by atoms with van der Waals surface area (Å²) in [5.74, 6) is 0.185. The second-order valence-corrected chi connectivity index (χ2v) is 7.85. The minimum absolute atomic E-state index is 0.0680. The number of fused-ring (bicyclic) bond motifs is 2. The lowest BCUT2D eigenvalue weighted by molar-refractivity contribution is -0.128. The molecule has 0 unspecified atom stereocenters. The Labute approximate surface area is 141 Å². The zero-order valence-corrected chi connectivity index (χ0v) is 14.7. The third-order valence-corrected chi connectivity index (χ3v) is 5.46. The number of likely N-dealkylation sites (N-methyl/N-ethyl adjacent to an activating group) is 1. The molecule has 2 aliphatic heterocycles. The number of likely N-dealkylation sites (tertiary alicyclic amines) is 2. The van der Waals surface area contributed by atoms with Crippen LogP contribution in [-0.4, -0.2) is 72.3 Å². The fraction of sp³-hybridized carbons (Fsp3) is 0.529. The third-order valence-electron chi connectivity index (χ3n) is 4.47. The molecule has 0 radical (unpaired) electrons. The molecule has 0 saturated carbocycles. The summed E-state index contributed by atoms with van der Waals surface area (Å²) in [6.07, 6.45) is 4.46. The van der Waals surface area contributed by atoms with Gasteiger partial charge < -0.3 is 14.7 Å². The first-order chi connectivity index (χ1) is 11.0. The summed E-state index contributed by atoms with van der Waals surface area (Å²) in [6, 6.07) is 4.22. The van der Waals surface area contributed by atoms with Crippen molar-refractivity contribution in [3.8, 4) is 0 Å². The summed E-state index contributed by atoms with van der Waals surface area (Å²) >= 11 is 1.54. The normalized spacial score (nSPS) is 23.5. The van der Waals surface area contributed by atoms with Crippen molar-refractivity contribution in [2.24, 2.45) is 0 Å². The summed E-state index contributed by atoms with van der Waals surface area (Å²) in [5, 5.41) is 0. The Hall–Kier alpha value is -1.66. The van der Waals surface area contributed by atoms with Gasteiger partial charge in [-0.2, -0.15) is 0 Å². The minimum Gasteiger partial charge on any atom is -0.332 e. The van der Waals surface area contributed by atoms with E-state index in [1.165, 1.54) is 0 Å². The first-order valence-corrected chi connectivity index (χ1v) is 8.76. The predicted molar refractivity (Wildman–Crippen MR) is 91.7 cm³/mol. The summed E-state index contributed by atoms with van der Waals surface area (Å²) in [4.78, 5) is 32.7. The number of carbonyl (C=O) groups excluding carboxylic acids is 2. The number of amides is 2. The standard InChI is InChI=1S/C17H23N3O2S/c1-12-6-7-15(23-12)17(22)20-11-13-9-14(20)10-19(13)16(21)5-4-8-18(2)3/h4-7,13-14H,8-11H2,1-3H3/b5-4+/t13-,14-/m1/s1. The van der Waals surface area contributed by atoms with Gasteiger partial charge in [0.25, 0.3) is 5.91 Å². The molecule has 0 N–H and O–H groups in total. The van der Waals surface area contributed by atoms with Gasteiger partial charge in [-0.15, -0.1) is 11.3 Å². The molecule has 2 saturated heterocycles. The van der Waals surface area contributed by atoms with Crippen molar-refractivity contribution in [1.29, 1.82) is 0 Å². The Morgan fingerprint density at radius 3 is 2.52 bits per heavy atom. The van der Waals surface area contributed by atoms with Crippen LogP contribution >= 0.6 is 11.3 Å². The number of thiophene rings is 1. The van der Waals surface area contributed by atoms with E-state index in [1.54, 1.807) is 17.4 Å². The molecule has 0 spiro atoms. The number of nitrogens with zero attached hydrogens (tertiary/aromatic N) is 3. The average Bonchev–Trinajstić information content (AvgIpc) is 3.20. The van der Waals surface area contributed by atoms with Crippen LogP contribution in [0.2, 0.25) is 0 Å². The van der Waals surface area contributed by atoms with E-state index < -0.39 is 0 Å². The highest BCUT2D eigenvalue weighted by Crippen LogP contribution is 2.33. The second-order valence-electron chi connectivity index (χ2n) is 6.57. The van der Waals surface area contributed by atoms with Crippen LogP contribution in [0.25, 0.3) is 0 Å². The first-order valence-electron chi connectivity index (χ1n) is 7.95. The molecule has 1 aromatic rings. The molecule has 6 heteroatoms. The van der Waals surface area contributed by atoms with E-state index in [9.17, 15) is 9.59 Å². The molecule has 3 heterocycles. The van der Waals surface area contributed by atoms with Gasteiger partial charge in [-0.05, 0) is 39.6 Å². The maximum Gasteiger partial charge on any atom is 0.264 e. The van der Waals surface area contributed by atoms with Gasteiger partial charge in [0.15, 0.2) is 0 Å². The lowest BCUT2D eigenvalue weighted by atomic mass is 10.2. The van der Waals surface area contributed by atoms with Crippen LogP contribution < -0.4 is 0 Å². The number of hydrogen-bond donors (Lipinski definition) is 0. The summed E-state index contributed by atoms with van der Waals surface area (Å²) < 4.78 is 0. The van der Waals surface area contributed by atoms with E-state index in [1.807, 2.05) is 53.9 Å². The largest absolute Gasteiger partial charge is 0.332 e. The van der Waals surface area contributed by atoms with Gasteiger partial charge in [-0.3, -0.25) is 9.59 Å². The van der Waals surface area contributed by atoms with E-state index in [0.29, 0.717) is 13.1 Å². The average molecular weight is 333 g/mol. The van der Waals surface area contributed by atoms with Crippen molar-refractivity contribution in [3.05, 3.63) is 34.0 Å². The Morgan fingerprint density at radius 1 is 1.26 bits per heavy atom. The van der Waals surface area contributed by atoms with Gasteiger partial charge in [0, 0.05) is 30.6 Å². The van der Waals surface area contributed by atoms with Gasteiger partial charge in [-0.25, -0.2) is 0 Å². The van der Waals surface area contributed by atoms with Gasteiger partial charge in [0.05, 0.1) is 17.0 Å². The second kappa shape index (κ2) is 6.45. The monoisotopic (exact) mass is 333 g/mol. The van der Waals surface area contributed by atoms with Gasteiger partial charge in [0.2, 0.25) is 5.91 Å². The fourth-order valence-electron chi connectivity index (χ4n) is 3.34. The SMILES string of the molecule is Cc1ccc(C(=O)N2C[C@H]3C[C@@H]2CN3C(=O)/C=C/CN(C)C)s1. The Kier molecular flexibility index (Phi) is 4.55. The highest BCUT2D eigenvalue weighted by Gasteiger charge is 2.46. The van der Waals surface area contributed by atoms with Crippen molar-refractivity contribution in [2.75, 3.05) is 33.7 Å². The number of aryl methyl sites for hydroxylation is 1. The van der Waals surface area contributed by atoms with Crippen molar-refractivity contribution in [1.82, 2.24) is 14.7 Å². The number of rotatable bonds is 4. The molecule has 2 amide bonds. The van der Waals surface area contributed by atoms with Crippen molar-refractivity contribution >= 4 is 23.2 Å². The van der Waals surface area contributed by atoms with E-state index in [0.717, 1.165) is 22.7 Å². The van der Waals surface area contributed by atoms with Crippen LogP contribution in [0.5, 0.6) is 0 Å². The fourth-order valence-corrected chi connectivity index (χ4v) is 4.16. The summed E-state index contributed by atoms with van der Waals surface area (Å²) in [5.41, 5.74) is 0. The van der Waals surface area contributed by atoms with E-state index in [4.69, 9.17) is 0 Å². The zero-order chi connectivity index (χ0) is 16.6. The van der Waals surface area contributed by atoms with Crippen molar-refractivity contribution < 1.29 is 9.59 Å². The zero-order valence-electron chi connectivity index (χ0n) is 13.9. The molecule has 124 valence electrons. The number of piperazine rings is 1. The number of hydrogen-bond acceptors (Lipinski definition) is 4. The molecule has 3 rings (SSSR count). The Balaban J connectivity index is 1.60. The quantitative estimate of drug-likeness (QED) is 0.786. The van der Waals surface area contributed by atoms with E-state index in [2.05, 4.69) is 0 Å². The summed E-state index contributed by atoms with van der Waals surface area (Å²) in [7, 11) is 3.95. The van der Waals surface area contributed by atoms with Crippen LogP contribution in [0.15, 0.2) is 24.3 Å². The maximum atomic E-state index is 12.6. The maximum absolute atomic E-state index is 12.6. The smallest absolute Gasteiger partial charge is 0.264 e. The molecule has 2 atom stereocenters. The molecule has 2 aliphatic rings. The topological polar surface area (TPSA) is 43.9 Å². The summed E-state index contributed by atoms with van der Waals surface area (Å²) in [6.45, 7) is 4.09. The van der Waals surface area contributed by atoms with Crippen LogP contribution in [0.1, 0.15) is 21.0 Å². The first kappa shape index (κ1) is 16.2. The molecule has 0 aliphatic carbocycles. The van der Waals surface area contributed by atoms with Gasteiger partial charge in [-0.1, -0.05) is 6.08 Å². The van der Waals surface area contributed by atoms with E-state index in [-0.39, 0.29) is 23.9 Å². The van der Waals surface area contributed by atoms with Crippen LogP contribution in [0.4, 0.5) is 0 Å². The molecule has 1 aromatic heterocycles. The van der Waals surface area contributed by atoms with Crippen LogP contribution in [0.3, 0.4) is 0 Å². The van der Waals surface area contributed by atoms with Crippen molar-refractivity contribution in [3.63, 3.8) is 0 Å². The number of carbonyl (C=O) groups is 2. The van der Waals surface area contributed by atoms with Gasteiger partial charge in [0.1, 0.15) is 0 Å². The third kappa shape index (κ3) is 3.33. The predicted octanol–water partition coefficient (Wildman–Crippen LogP) is 1.60. The molecule has 2 bridgehead atoms. The molecule has 0 aromatic carbocycles. The molecule has 23 heavy (non-hydrogen) atoms. The Bertz CT molecular complexity index is 638. The molecular formula is C17H23N3O2S. The molecule has 2 fully saturated rings. The van der Waals surface area contributed by atoms with Gasteiger partial charge >= 0.3 is 0 Å². The molecule has 5 nitrogen and oxygen atoms in total. The molecular weight excluding hydrogens is 310 g/mol. The van der Waals surface area contributed by atoms with Crippen LogP contribution in [0, 0.1) is 6.92 Å². The Morgan fingerprint density at radius 2 is 1.96 bits per heavy atom. The minimum atomic E-state index is 0.0680. The lowest BCUT2D eigenvalue weighted by Crippen LogP contribution is -2.50. The van der Waals surface area contributed by atoms with Crippen molar-refractivity contribution in [2.45, 2.75) is 25.4 Å². The highest BCUT2D eigenvalue weighted by atomic mass is 32.1. The van der Waals surface area contributed by atoms with Crippen LogP contribution in [-0.2, 0) is 4.79 Å². The highest BCUT2D eigenvalue weighted by molar-refractivity contribution is 7.13.